The molecule has 1 N–H and O–H groups in total. The van der Waals surface area contributed by atoms with Gasteiger partial charge in [-0.05, 0) is 31.0 Å². The topological polar surface area (TPSA) is 66.5 Å². The van der Waals surface area contributed by atoms with E-state index in [1.807, 2.05) is 0 Å². The van der Waals surface area contributed by atoms with Gasteiger partial charge in [-0.1, -0.05) is 0 Å². The van der Waals surface area contributed by atoms with Gasteiger partial charge in [-0.25, -0.2) is 21.5 Å². The molecule has 1 aromatic carbocycles. The molecular weight excluding hydrogens is 302 g/mol. The second-order valence-corrected chi connectivity index (χ2v) is 6.90. The minimum Gasteiger partial charge on any atom is -0.351 e. The molecule has 0 saturated carbocycles. The molecule has 0 aromatic heterocycles. The van der Waals surface area contributed by atoms with E-state index in [1.54, 1.807) is 0 Å². The number of carbonyl (C=O) groups excluding carboxylic acids is 1. The summed E-state index contributed by atoms with van der Waals surface area (Å²) in [6.45, 7) is 0.748. The monoisotopic (exact) mass is 318 g/mol. The lowest BCUT2D eigenvalue weighted by Gasteiger charge is -2.26. The summed E-state index contributed by atoms with van der Waals surface area (Å²) in [5.41, 5.74) is -0.00426. The molecule has 2 rings (SSSR count). The Balaban J connectivity index is 1.88. The molecule has 1 aliphatic heterocycles. The normalized spacial score (nSPS) is 18.4. The number of hydrogen-bond acceptors (Lipinski definition) is 3. The molecule has 1 saturated heterocycles. The molecule has 8 heteroatoms. The highest BCUT2D eigenvalue weighted by molar-refractivity contribution is 7.89. The number of benzene rings is 1. The lowest BCUT2D eigenvalue weighted by atomic mass is 10.2. The van der Waals surface area contributed by atoms with Crippen LogP contribution in [0.5, 0.6) is 0 Å². The second-order valence-electron chi connectivity index (χ2n) is 4.81. The van der Waals surface area contributed by atoms with Crippen LogP contribution < -0.4 is 5.32 Å². The average molecular weight is 318 g/mol. The van der Waals surface area contributed by atoms with E-state index < -0.39 is 27.6 Å². The van der Waals surface area contributed by atoms with Gasteiger partial charge >= 0.3 is 0 Å². The van der Waals surface area contributed by atoms with Gasteiger partial charge in [-0.3, -0.25) is 4.79 Å². The Morgan fingerprint density at radius 1 is 1.24 bits per heavy atom. The molecule has 116 valence electrons. The number of nitrogens with one attached hydrogen (secondary N) is 1. The first-order chi connectivity index (χ1) is 9.90. The van der Waals surface area contributed by atoms with Gasteiger partial charge in [0.1, 0.15) is 0 Å². The lowest BCUT2D eigenvalue weighted by molar-refractivity contribution is 0.0951. The number of halogens is 2. The quantitative estimate of drug-likeness (QED) is 0.905. The van der Waals surface area contributed by atoms with E-state index in [1.165, 1.54) is 10.4 Å². The van der Waals surface area contributed by atoms with Crippen molar-refractivity contribution < 1.29 is 22.0 Å². The van der Waals surface area contributed by atoms with Crippen molar-refractivity contribution in [2.45, 2.75) is 12.8 Å². The molecule has 21 heavy (non-hydrogen) atoms. The predicted molar refractivity (Wildman–Crippen MR) is 73.3 cm³/mol. The van der Waals surface area contributed by atoms with Gasteiger partial charge in [0.25, 0.3) is 5.91 Å². The van der Waals surface area contributed by atoms with Gasteiger partial charge in [0.05, 0.1) is 5.75 Å². The summed E-state index contributed by atoms with van der Waals surface area (Å²) in [6.07, 6.45) is 1.45. The average Bonchev–Trinajstić information content (AvgIpc) is 2.43. The zero-order valence-corrected chi connectivity index (χ0v) is 12.1. The molecule has 0 unspecified atom stereocenters. The molecule has 0 radical (unpaired) electrons. The number of rotatable bonds is 4. The zero-order valence-electron chi connectivity index (χ0n) is 11.3. The summed E-state index contributed by atoms with van der Waals surface area (Å²) in [7, 11) is -3.23. The van der Waals surface area contributed by atoms with Crippen LogP contribution in [0.1, 0.15) is 23.2 Å². The molecule has 1 fully saturated rings. The van der Waals surface area contributed by atoms with Crippen molar-refractivity contribution in [1.29, 1.82) is 0 Å². The largest absolute Gasteiger partial charge is 0.351 e. The fourth-order valence-corrected chi connectivity index (χ4v) is 3.73. The van der Waals surface area contributed by atoms with Crippen LogP contribution in [-0.4, -0.2) is 44.0 Å². The van der Waals surface area contributed by atoms with Gasteiger partial charge in [-0.2, -0.15) is 0 Å². The van der Waals surface area contributed by atoms with Crippen molar-refractivity contribution in [2.24, 2.45) is 0 Å². The van der Waals surface area contributed by atoms with Crippen molar-refractivity contribution in [1.82, 2.24) is 9.62 Å². The van der Waals surface area contributed by atoms with Crippen LogP contribution in [0.4, 0.5) is 8.78 Å². The van der Waals surface area contributed by atoms with E-state index in [-0.39, 0.29) is 24.4 Å². The van der Waals surface area contributed by atoms with Gasteiger partial charge in [0, 0.05) is 25.2 Å². The molecule has 5 nitrogen and oxygen atoms in total. The Hall–Kier alpha value is -1.54. The van der Waals surface area contributed by atoms with Gasteiger partial charge < -0.3 is 5.32 Å². The number of sulfonamides is 1. The van der Waals surface area contributed by atoms with Crippen molar-refractivity contribution in [3.63, 3.8) is 0 Å². The van der Waals surface area contributed by atoms with Crippen molar-refractivity contribution >= 4 is 15.9 Å². The fraction of sp³-hybridized carbons (Fsp3) is 0.462. The van der Waals surface area contributed by atoms with E-state index in [9.17, 15) is 22.0 Å². The number of hydrogen-bond donors (Lipinski definition) is 1. The van der Waals surface area contributed by atoms with Gasteiger partial charge in [0.15, 0.2) is 11.6 Å². The molecular formula is C13H16F2N2O3S. The maximum absolute atomic E-state index is 13.0. The lowest BCUT2D eigenvalue weighted by Crippen LogP contribution is -2.42. The van der Waals surface area contributed by atoms with Crippen molar-refractivity contribution in [2.75, 3.05) is 25.4 Å². The van der Waals surface area contributed by atoms with Crippen LogP contribution in [0, 0.1) is 11.6 Å². The van der Waals surface area contributed by atoms with E-state index in [0.29, 0.717) is 13.0 Å². The third kappa shape index (κ3) is 3.98. The standard InChI is InChI=1S/C13H16F2N2O3S/c14-11-4-3-10(9-12(11)15)13(18)16-5-7-17-6-1-2-8-21(17,19)20/h3-4,9H,1-2,5-8H2,(H,16,18). The van der Waals surface area contributed by atoms with Crippen LogP contribution in [-0.2, 0) is 10.0 Å². The molecule has 1 heterocycles. The first kappa shape index (κ1) is 15.8. The Labute approximate surface area is 122 Å². The maximum atomic E-state index is 13.0. The van der Waals surface area contributed by atoms with Crippen molar-refractivity contribution in [3.05, 3.63) is 35.4 Å². The first-order valence-electron chi connectivity index (χ1n) is 6.61. The third-order valence-corrected chi connectivity index (χ3v) is 5.24. The van der Waals surface area contributed by atoms with Crippen molar-refractivity contribution in [3.8, 4) is 0 Å². The molecule has 0 bridgehead atoms. The van der Waals surface area contributed by atoms with Crippen LogP contribution in [0.15, 0.2) is 18.2 Å². The summed E-state index contributed by atoms with van der Waals surface area (Å²) < 4.78 is 50.6. The first-order valence-corrected chi connectivity index (χ1v) is 8.22. The Morgan fingerprint density at radius 2 is 2.00 bits per heavy atom. The summed E-state index contributed by atoms with van der Waals surface area (Å²) in [6, 6.07) is 2.85. The smallest absolute Gasteiger partial charge is 0.251 e. The predicted octanol–water partition coefficient (Wildman–Crippen LogP) is 1.12. The number of carbonyl (C=O) groups is 1. The zero-order chi connectivity index (χ0) is 15.5. The van der Waals surface area contributed by atoms with Gasteiger partial charge in [-0.15, -0.1) is 0 Å². The number of nitrogens with zero attached hydrogens (tertiary/aromatic N) is 1. The summed E-state index contributed by atoms with van der Waals surface area (Å²) in [5, 5.41) is 2.50. The van der Waals surface area contributed by atoms with E-state index in [4.69, 9.17) is 0 Å². The van der Waals surface area contributed by atoms with E-state index >= 15 is 0 Å². The second kappa shape index (κ2) is 6.48. The van der Waals surface area contributed by atoms with Gasteiger partial charge in [0.2, 0.25) is 10.0 Å². The number of amides is 1. The Morgan fingerprint density at radius 3 is 2.67 bits per heavy atom. The highest BCUT2D eigenvalue weighted by Crippen LogP contribution is 2.12. The Kier molecular flexibility index (Phi) is 4.89. The molecule has 0 spiro atoms. The van der Waals surface area contributed by atoms with Crippen LogP contribution in [0.2, 0.25) is 0 Å². The minimum atomic E-state index is -3.23. The highest BCUT2D eigenvalue weighted by Gasteiger charge is 2.25. The molecule has 0 atom stereocenters. The molecule has 1 aromatic rings. The Bertz CT molecular complexity index is 634. The van der Waals surface area contributed by atoms with E-state index in [0.717, 1.165) is 18.6 Å². The van der Waals surface area contributed by atoms with Crippen LogP contribution in [0.25, 0.3) is 0 Å². The summed E-state index contributed by atoms with van der Waals surface area (Å²) in [4.78, 5) is 11.7. The summed E-state index contributed by atoms with van der Waals surface area (Å²) >= 11 is 0. The third-order valence-electron chi connectivity index (χ3n) is 3.28. The molecule has 1 amide bonds. The van der Waals surface area contributed by atoms with Crippen LogP contribution >= 0.6 is 0 Å². The fourth-order valence-electron chi connectivity index (χ4n) is 2.13. The summed E-state index contributed by atoms with van der Waals surface area (Å²) in [5.74, 6) is -2.56. The molecule has 0 aliphatic carbocycles. The SMILES string of the molecule is O=C(NCCN1CCCCS1(=O)=O)c1ccc(F)c(F)c1. The van der Waals surface area contributed by atoms with E-state index in [2.05, 4.69) is 5.32 Å². The minimum absolute atomic E-state index is 0.00426. The molecule has 1 aliphatic rings. The maximum Gasteiger partial charge on any atom is 0.251 e. The highest BCUT2D eigenvalue weighted by atomic mass is 32.2. The van der Waals surface area contributed by atoms with Crippen LogP contribution in [0.3, 0.4) is 0 Å².